The smallest absolute Gasteiger partial charge is 0.244 e. The highest BCUT2D eigenvalue weighted by molar-refractivity contribution is 5.30. The number of rotatable bonds is 3. The number of fused-ring (bicyclic) bond motifs is 1. The van der Waals surface area contributed by atoms with Crippen molar-refractivity contribution in [2.75, 3.05) is 0 Å². The number of hydrogen-bond acceptors (Lipinski definition) is 4. The fraction of sp³-hybridized carbons (Fsp3) is 0.429. The number of nitrogens with zero attached hydrogens (tertiary/aromatic N) is 2. The molecule has 4 nitrogen and oxygen atoms in total. The number of aryl methyl sites for hydroxylation is 1. The molecule has 0 radical (unpaired) electrons. The molecule has 1 N–H and O–H groups in total. The molecule has 2 aromatic rings. The molecular formula is C14H17N3O. The predicted molar refractivity (Wildman–Crippen MR) is 68.0 cm³/mol. The minimum Gasteiger partial charge on any atom is -0.338 e. The van der Waals surface area contributed by atoms with Crippen molar-refractivity contribution in [3.05, 3.63) is 47.1 Å². The zero-order chi connectivity index (χ0) is 12.4. The van der Waals surface area contributed by atoms with E-state index in [2.05, 4.69) is 46.6 Å². The lowest BCUT2D eigenvalue weighted by Crippen LogP contribution is -2.28. The molecule has 0 bridgehead atoms. The summed E-state index contributed by atoms with van der Waals surface area (Å²) < 4.78 is 5.35. The Balaban J connectivity index is 1.78. The van der Waals surface area contributed by atoms with Gasteiger partial charge in [0.05, 0.1) is 6.04 Å². The van der Waals surface area contributed by atoms with E-state index >= 15 is 0 Å². The van der Waals surface area contributed by atoms with E-state index in [1.54, 1.807) is 0 Å². The molecule has 0 spiro atoms. The number of aromatic nitrogens is 2. The van der Waals surface area contributed by atoms with Crippen LogP contribution in [0.2, 0.25) is 0 Å². The van der Waals surface area contributed by atoms with E-state index in [0.717, 1.165) is 31.6 Å². The summed E-state index contributed by atoms with van der Waals surface area (Å²) in [6, 6.07) is 8.64. The van der Waals surface area contributed by atoms with Crippen LogP contribution in [-0.4, -0.2) is 10.1 Å². The van der Waals surface area contributed by atoms with Gasteiger partial charge in [0, 0.05) is 13.0 Å². The van der Waals surface area contributed by atoms with Gasteiger partial charge in [0.1, 0.15) is 0 Å². The Morgan fingerprint density at radius 2 is 2.17 bits per heavy atom. The highest BCUT2D eigenvalue weighted by atomic mass is 16.5. The number of hydrogen-bond donors (Lipinski definition) is 1. The van der Waals surface area contributed by atoms with Crippen LogP contribution in [0.3, 0.4) is 0 Å². The average molecular weight is 243 g/mol. The van der Waals surface area contributed by atoms with Crippen LogP contribution in [0.1, 0.15) is 42.2 Å². The van der Waals surface area contributed by atoms with Crippen LogP contribution in [0.25, 0.3) is 0 Å². The largest absolute Gasteiger partial charge is 0.338 e. The molecule has 18 heavy (non-hydrogen) atoms. The van der Waals surface area contributed by atoms with Crippen molar-refractivity contribution in [1.29, 1.82) is 0 Å². The molecule has 0 saturated carbocycles. The summed E-state index contributed by atoms with van der Waals surface area (Å²) in [7, 11) is 0. The SMILES string of the molecule is CCCc1noc([C@@H]2Cc3ccccc3CN2)n1. The molecule has 3 rings (SSSR count). The standard InChI is InChI=1S/C14H17N3O/c1-2-5-13-16-14(18-17-13)12-8-10-6-3-4-7-11(10)9-15-12/h3-4,6-7,12,15H,2,5,8-9H2,1H3/t12-/m0/s1. The van der Waals surface area contributed by atoms with E-state index in [4.69, 9.17) is 4.52 Å². The summed E-state index contributed by atoms with van der Waals surface area (Å²) in [5.41, 5.74) is 2.73. The zero-order valence-electron chi connectivity index (χ0n) is 10.5. The van der Waals surface area contributed by atoms with Crippen LogP contribution >= 0.6 is 0 Å². The van der Waals surface area contributed by atoms with Crippen molar-refractivity contribution in [1.82, 2.24) is 15.5 Å². The maximum atomic E-state index is 5.35. The van der Waals surface area contributed by atoms with E-state index in [0.29, 0.717) is 5.89 Å². The van der Waals surface area contributed by atoms with Crippen LogP contribution in [-0.2, 0) is 19.4 Å². The van der Waals surface area contributed by atoms with Crippen LogP contribution in [0, 0.1) is 0 Å². The van der Waals surface area contributed by atoms with Crippen LogP contribution < -0.4 is 5.32 Å². The van der Waals surface area contributed by atoms with Gasteiger partial charge in [-0.1, -0.05) is 36.3 Å². The maximum absolute atomic E-state index is 5.35. The lowest BCUT2D eigenvalue weighted by Gasteiger charge is -2.23. The van der Waals surface area contributed by atoms with Crippen molar-refractivity contribution in [2.45, 2.75) is 38.8 Å². The van der Waals surface area contributed by atoms with E-state index in [-0.39, 0.29) is 6.04 Å². The third kappa shape index (κ3) is 2.16. The van der Waals surface area contributed by atoms with Crippen molar-refractivity contribution in [2.24, 2.45) is 0 Å². The molecule has 0 fully saturated rings. The molecule has 1 aliphatic heterocycles. The number of nitrogens with one attached hydrogen (secondary N) is 1. The molecule has 1 aliphatic rings. The fourth-order valence-corrected chi connectivity index (χ4v) is 2.36. The van der Waals surface area contributed by atoms with Crippen LogP contribution in [0.15, 0.2) is 28.8 Å². The molecule has 0 unspecified atom stereocenters. The third-order valence-corrected chi connectivity index (χ3v) is 3.34. The fourth-order valence-electron chi connectivity index (χ4n) is 2.36. The first-order valence-electron chi connectivity index (χ1n) is 6.49. The second kappa shape index (κ2) is 4.90. The van der Waals surface area contributed by atoms with E-state index in [1.165, 1.54) is 11.1 Å². The molecule has 94 valence electrons. The predicted octanol–water partition coefficient (Wildman–Crippen LogP) is 2.41. The zero-order valence-corrected chi connectivity index (χ0v) is 10.5. The molecule has 2 heterocycles. The minimum absolute atomic E-state index is 0.151. The Labute approximate surface area is 106 Å². The lowest BCUT2D eigenvalue weighted by atomic mass is 9.96. The van der Waals surface area contributed by atoms with Gasteiger partial charge in [-0.25, -0.2) is 0 Å². The molecule has 0 saturated heterocycles. The summed E-state index contributed by atoms with van der Waals surface area (Å²) in [6.07, 6.45) is 2.84. The quantitative estimate of drug-likeness (QED) is 0.899. The van der Waals surface area contributed by atoms with Crippen molar-refractivity contribution < 1.29 is 4.52 Å². The molecule has 1 aromatic heterocycles. The van der Waals surface area contributed by atoms with E-state index in [1.807, 2.05) is 0 Å². The monoisotopic (exact) mass is 243 g/mol. The van der Waals surface area contributed by atoms with Crippen LogP contribution in [0.4, 0.5) is 0 Å². The lowest BCUT2D eigenvalue weighted by molar-refractivity contribution is 0.318. The number of benzene rings is 1. The summed E-state index contributed by atoms with van der Waals surface area (Å²) in [4.78, 5) is 4.46. The summed E-state index contributed by atoms with van der Waals surface area (Å²) in [6.45, 7) is 2.98. The molecule has 0 amide bonds. The molecule has 1 atom stereocenters. The first-order valence-corrected chi connectivity index (χ1v) is 6.49. The average Bonchev–Trinajstić information content (AvgIpc) is 2.87. The van der Waals surface area contributed by atoms with E-state index < -0.39 is 0 Å². The maximum Gasteiger partial charge on any atom is 0.244 e. The van der Waals surface area contributed by atoms with Gasteiger partial charge in [-0.05, 0) is 24.0 Å². The second-order valence-corrected chi connectivity index (χ2v) is 4.71. The Hall–Kier alpha value is -1.68. The third-order valence-electron chi connectivity index (χ3n) is 3.34. The van der Waals surface area contributed by atoms with Gasteiger partial charge in [0.2, 0.25) is 5.89 Å². The van der Waals surface area contributed by atoms with Gasteiger partial charge in [0.15, 0.2) is 5.82 Å². The highest BCUT2D eigenvalue weighted by Crippen LogP contribution is 2.24. The first kappa shape index (κ1) is 11.4. The van der Waals surface area contributed by atoms with Crippen molar-refractivity contribution in [3.63, 3.8) is 0 Å². The molecular weight excluding hydrogens is 226 g/mol. The summed E-state index contributed by atoms with van der Waals surface area (Å²) in [5, 5.41) is 7.46. The van der Waals surface area contributed by atoms with Crippen molar-refractivity contribution in [3.8, 4) is 0 Å². The Morgan fingerprint density at radius 3 is 3.00 bits per heavy atom. The van der Waals surface area contributed by atoms with Gasteiger partial charge in [0.25, 0.3) is 0 Å². The highest BCUT2D eigenvalue weighted by Gasteiger charge is 2.23. The van der Waals surface area contributed by atoms with Crippen molar-refractivity contribution >= 4 is 0 Å². The topological polar surface area (TPSA) is 51.0 Å². The molecule has 4 heteroatoms. The normalized spacial score (nSPS) is 18.6. The molecule has 1 aromatic carbocycles. The summed E-state index contributed by atoms with van der Waals surface area (Å²) >= 11 is 0. The van der Waals surface area contributed by atoms with Gasteiger partial charge in [-0.15, -0.1) is 0 Å². The van der Waals surface area contributed by atoms with Gasteiger partial charge in [-0.3, -0.25) is 0 Å². The molecule has 0 aliphatic carbocycles. The van der Waals surface area contributed by atoms with E-state index in [9.17, 15) is 0 Å². The Kier molecular flexibility index (Phi) is 3.11. The van der Waals surface area contributed by atoms with Crippen LogP contribution in [0.5, 0.6) is 0 Å². The van der Waals surface area contributed by atoms with Gasteiger partial charge >= 0.3 is 0 Å². The van der Waals surface area contributed by atoms with Gasteiger partial charge in [-0.2, -0.15) is 4.98 Å². The second-order valence-electron chi connectivity index (χ2n) is 4.71. The Morgan fingerprint density at radius 1 is 1.33 bits per heavy atom. The Bertz CT molecular complexity index is 535. The minimum atomic E-state index is 0.151. The summed E-state index contributed by atoms with van der Waals surface area (Å²) in [5.74, 6) is 1.53. The van der Waals surface area contributed by atoms with Gasteiger partial charge < -0.3 is 9.84 Å². The first-order chi connectivity index (χ1) is 8.86.